The third-order valence-electron chi connectivity index (χ3n) is 2.55. The van der Waals surface area contributed by atoms with Crippen molar-refractivity contribution in [3.8, 4) is 0 Å². The van der Waals surface area contributed by atoms with Crippen molar-refractivity contribution >= 4 is 0 Å². The summed E-state index contributed by atoms with van der Waals surface area (Å²) in [5.41, 5.74) is 0.874. The first-order valence-corrected chi connectivity index (χ1v) is 5.10. The molecule has 1 N–H and O–H groups in total. The van der Waals surface area contributed by atoms with Gasteiger partial charge in [-0.25, -0.2) is 4.98 Å². The number of ether oxygens (including phenoxy) is 1. The highest BCUT2D eigenvalue weighted by Gasteiger charge is 2.12. The van der Waals surface area contributed by atoms with E-state index >= 15 is 0 Å². The summed E-state index contributed by atoms with van der Waals surface area (Å²) in [6.07, 6.45) is 5.50. The molecule has 0 spiro atoms. The summed E-state index contributed by atoms with van der Waals surface area (Å²) in [5, 5.41) is 3.34. The number of piperidine rings is 1. The smallest absolute Gasteiger partial charge is 0.180 e. The maximum absolute atomic E-state index is 5.57. The maximum Gasteiger partial charge on any atom is 0.180 e. The summed E-state index contributed by atoms with van der Waals surface area (Å²) >= 11 is 0. The third kappa shape index (κ3) is 2.82. The number of nitrogens with zero attached hydrogens (tertiary/aromatic N) is 1. The van der Waals surface area contributed by atoms with Gasteiger partial charge in [0.05, 0.1) is 13.2 Å². The van der Waals surface area contributed by atoms with Gasteiger partial charge in [0.1, 0.15) is 12.0 Å². The summed E-state index contributed by atoms with van der Waals surface area (Å²) < 4.78 is 10.4. The lowest BCUT2D eigenvalue weighted by Crippen LogP contribution is -2.29. The van der Waals surface area contributed by atoms with Gasteiger partial charge in [-0.05, 0) is 31.8 Å². The third-order valence-corrected chi connectivity index (χ3v) is 2.55. The number of nitrogens with one attached hydrogen (secondary N) is 1. The molecular formula is C10H16N2O2. The van der Waals surface area contributed by atoms with Gasteiger partial charge in [0.15, 0.2) is 6.39 Å². The number of hydrogen-bond donors (Lipinski definition) is 1. The van der Waals surface area contributed by atoms with Crippen LogP contribution in [0.15, 0.2) is 17.1 Å². The van der Waals surface area contributed by atoms with Crippen LogP contribution in [0.2, 0.25) is 0 Å². The highest BCUT2D eigenvalue weighted by Crippen LogP contribution is 2.12. The van der Waals surface area contributed by atoms with Crippen LogP contribution in [-0.2, 0) is 11.3 Å². The summed E-state index contributed by atoms with van der Waals surface area (Å²) in [7, 11) is 0. The second-order valence-corrected chi connectivity index (χ2v) is 3.69. The van der Waals surface area contributed by atoms with E-state index in [1.165, 1.54) is 19.2 Å². The molecule has 0 amide bonds. The lowest BCUT2D eigenvalue weighted by Gasteiger charge is -2.21. The van der Waals surface area contributed by atoms with Gasteiger partial charge >= 0.3 is 0 Å². The molecule has 14 heavy (non-hydrogen) atoms. The van der Waals surface area contributed by atoms with E-state index in [0.717, 1.165) is 25.4 Å². The van der Waals surface area contributed by atoms with Crippen LogP contribution in [0.4, 0.5) is 0 Å². The first-order valence-electron chi connectivity index (χ1n) is 5.10. The van der Waals surface area contributed by atoms with Crippen molar-refractivity contribution in [2.24, 2.45) is 5.92 Å². The van der Waals surface area contributed by atoms with E-state index in [0.29, 0.717) is 12.5 Å². The topological polar surface area (TPSA) is 47.3 Å². The van der Waals surface area contributed by atoms with E-state index in [4.69, 9.17) is 9.15 Å². The molecule has 2 rings (SSSR count). The maximum atomic E-state index is 5.57. The van der Waals surface area contributed by atoms with Gasteiger partial charge in [0, 0.05) is 0 Å². The molecular weight excluding hydrogens is 180 g/mol. The molecule has 78 valence electrons. The van der Waals surface area contributed by atoms with Gasteiger partial charge in [-0.3, -0.25) is 0 Å². The first-order chi connectivity index (χ1) is 6.95. The fourth-order valence-corrected chi connectivity index (χ4v) is 1.69. The normalized spacial score (nSPS) is 18.6. The van der Waals surface area contributed by atoms with E-state index in [1.807, 2.05) is 0 Å². The lowest BCUT2D eigenvalue weighted by atomic mass is 9.99. The molecule has 0 aromatic carbocycles. The molecule has 0 saturated carbocycles. The van der Waals surface area contributed by atoms with Crippen LogP contribution in [0.1, 0.15) is 18.5 Å². The summed E-state index contributed by atoms with van der Waals surface area (Å²) in [6, 6.07) is 0. The Hall–Kier alpha value is -0.870. The zero-order valence-electron chi connectivity index (χ0n) is 8.24. The Labute approximate surface area is 83.7 Å². The van der Waals surface area contributed by atoms with Crippen molar-refractivity contribution in [1.29, 1.82) is 0 Å². The summed E-state index contributed by atoms with van der Waals surface area (Å²) in [6.45, 7) is 3.66. The van der Waals surface area contributed by atoms with Crippen molar-refractivity contribution in [3.05, 3.63) is 18.4 Å². The fourth-order valence-electron chi connectivity index (χ4n) is 1.69. The van der Waals surface area contributed by atoms with Gasteiger partial charge in [0.25, 0.3) is 0 Å². The molecule has 2 heterocycles. The minimum Gasteiger partial charge on any atom is -0.451 e. The predicted octanol–water partition coefficient (Wildman–Crippen LogP) is 1.19. The molecule has 1 aromatic rings. The Kier molecular flexibility index (Phi) is 3.54. The second-order valence-electron chi connectivity index (χ2n) is 3.69. The van der Waals surface area contributed by atoms with Crippen LogP contribution in [0.5, 0.6) is 0 Å². The number of hydrogen-bond acceptors (Lipinski definition) is 4. The standard InChI is InChI=1S/C10H16N2O2/c1-3-11-4-2-9(1)5-13-6-10-7-14-8-12-10/h7-9,11H,1-6H2. The molecule has 4 nitrogen and oxygen atoms in total. The monoisotopic (exact) mass is 196 g/mol. The lowest BCUT2D eigenvalue weighted by molar-refractivity contribution is 0.0744. The fraction of sp³-hybridized carbons (Fsp3) is 0.700. The number of rotatable bonds is 4. The molecule has 0 radical (unpaired) electrons. The summed E-state index contributed by atoms with van der Waals surface area (Å²) in [5.74, 6) is 0.711. The van der Waals surface area contributed by atoms with Crippen molar-refractivity contribution in [3.63, 3.8) is 0 Å². The van der Waals surface area contributed by atoms with Gasteiger partial charge in [-0.15, -0.1) is 0 Å². The molecule has 1 aromatic heterocycles. The van der Waals surface area contributed by atoms with E-state index in [-0.39, 0.29) is 0 Å². The molecule has 0 aliphatic carbocycles. The molecule has 0 unspecified atom stereocenters. The average Bonchev–Trinajstić information content (AvgIpc) is 2.72. The molecule has 4 heteroatoms. The second kappa shape index (κ2) is 5.12. The van der Waals surface area contributed by atoms with Crippen LogP contribution >= 0.6 is 0 Å². The highest BCUT2D eigenvalue weighted by atomic mass is 16.5. The quantitative estimate of drug-likeness (QED) is 0.785. The predicted molar refractivity (Wildman–Crippen MR) is 51.8 cm³/mol. The van der Waals surface area contributed by atoms with Gasteiger partial charge in [-0.2, -0.15) is 0 Å². The Morgan fingerprint density at radius 1 is 1.50 bits per heavy atom. The van der Waals surface area contributed by atoms with Gasteiger partial charge < -0.3 is 14.5 Å². The van der Waals surface area contributed by atoms with E-state index < -0.39 is 0 Å². The van der Waals surface area contributed by atoms with E-state index in [1.54, 1.807) is 6.26 Å². The van der Waals surface area contributed by atoms with Gasteiger partial charge in [-0.1, -0.05) is 0 Å². The SMILES string of the molecule is c1nc(COCC2CCNCC2)co1. The van der Waals surface area contributed by atoms with Crippen LogP contribution in [0.25, 0.3) is 0 Å². The first kappa shape index (κ1) is 9.68. The Morgan fingerprint density at radius 2 is 2.36 bits per heavy atom. The summed E-state index contributed by atoms with van der Waals surface area (Å²) in [4.78, 5) is 3.99. The van der Waals surface area contributed by atoms with Crippen molar-refractivity contribution < 1.29 is 9.15 Å². The molecule has 0 atom stereocenters. The number of aromatic nitrogens is 1. The molecule has 1 aliphatic rings. The van der Waals surface area contributed by atoms with Gasteiger partial charge in [0.2, 0.25) is 0 Å². The van der Waals surface area contributed by atoms with E-state index in [9.17, 15) is 0 Å². The molecule has 0 bridgehead atoms. The Bertz CT molecular complexity index is 243. The van der Waals surface area contributed by atoms with Crippen molar-refractivity contribution in [2.45, 2.75) is 19.4 Å². The van der Waals surface area contributed by atoms with Crippen LogP contribution in [0, 0.1) is 5.92 Å². The minimum absolute atomic E-state index is 0.570. The van der Waals surface area contributed by atoms with Crippen molar-refractivity contribution in [1.82, 2.24) is 10.3 Å². The zero-order valence-corrected chi connectivity index (χ0v) is 8.24. The highest BCUT2D eigenvalue weighted by molar-refractivity contribution is 4.87. The van der Waals surface area contributed by atoms with Crippen molar-refractivity contribution in [2.75, 3.05) is 19.7 Å². The molecule has 1 fully saturated rings. The minimum atomic E-state index is 0.570. The van der Waals surface area contributed by atoms with E-state index in [2.05, 4.69) is 10.3 Å². The van der Waals surface area contributed by atoms with Crippen LogP contribution in [0.3, 0.4) is 0 Å². The van der Waals surface area contributed by atoms with Crippen LogP contribution in [-0.4, -0.2) is 24.7 Å². The van der Waals surface area contributed by atoms with Crippen LogP contribution < -0.4 is 5.32 Å². The zero-order chi connectivity index (χ0) is 9.64. The Balaban J connectivity index is 1.62. The number of oxazole rings is 1. The molecule has 1 aliphatic heterocycles. The average molecular weight is 196 g/mol. The molecule has 1 saturated heterocycles. The Morgan fingerprint density at radius 3 is 3.07 bits per heavy atom. The largest absolute Gasteiger partial charge is 0.451 e.